The monoisotopic (exact) mass is 288 g/mol. The molecule has 7 heteroatoms. The van der Waals surface area contributed by atoms with Gasteiger partial charge in [-0.3, -0.25) is 5.41 Å². The molecule has 2 aromatic rings. The second-order valence-electron chi connectivity index (χ2n) is 5.57. The lowest BCUT2D eigenvalue weighted by atomic mass is 10.1. The summed E-state index contributed by atoms with van der Waals surface area (Å²) in [7, 11) is 0. The number of morpholine rings is 1. The van der Waals surface area contributed by atoms with Gasteiger partial charge in [-0.15, -0.1) is 0 Å². The quantitative estimate of drug-likeness (QED) is 0.649. The maximum absolute atomic E-state index is 7.55. The van der Waals surface area contributed by atoms with Crippen LogP contribution in [0.1, 0.15) is 25.5 Å². The van der Waals surface area contributed by atoms with Gasteiger partial charge in [0.15, 0.2) is 5.82 Å². The third-order valence-corrected chi connectivity index (χ3v) is 3.69. The zero-order valence-corrected chi connectivity index (χ0v) is 12.3. The summed E-state index contributed by atoms with van der Waals surface area (Å²) in [6, 6.07) is 2.07. The zero-order chi connectivity index (χ0) is 15.0. The summed E-state index contributed by atoms with van der Waals surface area (Å²) in [4.78, 5) is 6.60. The second-order valence-corrected chi connectivity index (χ2v) is 5.57. The van der Waals surface area contributed by atoms with E-state index in [0.29, 0.717) is 19.1 Å². The first-order valence-corrected chi connectivity index (χ1v) is 7.11. The fraction of sp³-hybridized carbons (Fsp3) is 0.500. The predicted octanol–water partition coefficient (Wildman–Crippen LogP) is 0.994. The van der Waals surface area contributed by atoms with Gasteiger partial charge < -0.3 is 15.4 Å². The average Bonchev–Trinajstić information content (AvgIpc) is 2.91. The first-order chi connectivity index (χ1) is 10.1. The molecule has 0 bridgehead atoms. The molecule has 3 N–H and O–H groups in total. The van der Waals surface area contributed by atoms with Crippen LogP contribution in [0, 0.1) is 5.41 Å². The molecule has 0 aliphatic carbocycles. The van der Waals surface area contributed by atoms with Gasteiger partial charge in [0.25, 0.3) is 0 Å². The molecule has 3 heterocycles. The minimum Gasteiger partial charge on any atom is -0.385 e. The average molecular weight is 288 g/mol. The number of hydrogen-bond acceptors (Lipinski definition) is 5. The van der Waals surface area contributed by atoms with Crippen molar-refractivity contribution in [2.75, 3.05) is 24.6 Å². The summed E-state index contributed by atoms with van der Waals surface area (Å²) in [5.74, 6) is 1.29. The fourth-order valence-electron chi connectivity index (χ4n) is 2.48. The normalized spacial score (nSPS) is 19.4. The van der Waals surface area contributed by atoms with Crippen LogP contribution < -0.4 is 10.6 Å². The second kappa shape index (κ2) is 5.33. The third kappa shape index (κ3) is 2.56. The minimum absolute atomic E-state index is 0.0584. The highest BCUT2D eigenvalue weighted by molar-refractivity contribution is 5.83. The molecule has 2 aromatic heterocycles. The van der Waals surface area contributed by atoms with Gasteiger partial charge in [-0.2, -0.15) is 5.10 Å². The number of ether oxygens (including phenoxy) is 1. The summed E-state index contributed by atoms with van der Waals surface area (Å²) in [6.07, 6.45) is 3.24. The molecule has 0 amide bonds. The number of nitrogens with one attached hydrogen (secondary N) is 1. The van der Waals surface area contributed by atoms with Gasteiger partial charge in [-0.25, -0.2) is 9.50 Å². The molecular weight excluding hydrogens is 268 g/mol. The van der Waals surface area contributed by atoms with E-state index in [9.17, 15) is 0 Å². The molecule has 1 saturated heterocycles. The molecule has 21 heavy (non-hydrogen) atoms. The Hall–Kier alpha value is -2.15. The first-order valence-electron chi connectivity index (χ1n) is 7.11. The lowest BCUT2D eigenvalue weighted by molar-refractivity contribution is 0.0824. The Morgan fingerprint density at radius 3 is 3.05 bits per heavy atom. The lowest BCUT2D eigenvalue weighted by Crippen LogP contribution is -2.48. The van der Waals surface area contributed by atoms with Crippen molar-refractivity contribution in [1.82, 2.24) is 14.6 Å². The SMILES string of the molecule is CC(C)c1cc2c(N3CCOC(C(=N)N)C3)nccn2n1. The highest BCUT2D eigenvalue weighted by Gasteiger charge is 2.25. The number of anilines is 1. The Morgan fingerprint density at radius 2 is 2.33 bits per heavy atom. The minimum atomic E-state index is -0.367. The largest absolute Gasteiger partial charge is 0.385 e. The van der Waals surface area contributed by atoms with Crippen molar-refractivity contribution in [1.29, 1.82) is 5.41 Å². The van der Waals surface area contributed by atoms with E-state index in [1.165, 1.54) is 0 Å². The van der Waals surface area contributed by atoms with Gasteiger partial charge in [-0.05, 0) is 12.0 Å². The smallest absolute Gasteiger partial charge is 0.154 e. The van der Waals surface area contributed by atoms with E-state index < -0.39 is 0 Å². The van der Waals surface area contributed by atoms with Crippen molar-refractivity contribution >= 4 is 17.2 Å². The van der Waals surface area contributed by atoms with Crippen LogP contribution in [0.5, 0.6) is 0 Å². The molecule has 0 spiro atoms. The van der Waals surface area contributed by atoms with E-state index in [2.05, 4.69) is 34.9 Å². The Balaban J connectivity index is 1.97. The van der Waals surface area contributed by atoms with E-state index >= 15 is 0 Å². The molecule has 0 aromatic carbocycles. The molecule has 0 saturated carbocycles. The van der Waals surface area contributed by atoms with Gasteiger partial charge >= 0.3 is 0 Å². The number of nitrogens with two attached hydrogens (primary N) is 1. The van der Waals surface area contributed by atoms with Gasteiger partial charge in [-0.1, -0.05) is 13.8 Å². The summed E-state index contributed by atoms with van der Waals surface area (Å²) in [5, 5.41) is 12.1. The molecule has 112 valence electrons. The number of fused-ring (bicyclic) bond motifs is 1. The third-order valence-electron chi connectivity index (χ3n) is 3.69. The highest BCUT2D eigenvalue weighted by Crippen LogP contribution is 2.24. The molecule has 1 aliphatic rings. The van der Waals surface area contributed by atoms with Crippen molar-refractivity contribution in [3.05, 3.63) is 24.2 Å². The van der Waals surface area contributed by atoms with Gasteiger partial charge in [0.2, 0.25) is 0 Å². The molecular formula is C14H20N6O. The number of nitrogens with zero attached hydrogens (tertiary/aromatic N) is 4. The van der Waals surface area contributed by atoms with Crippen molar-refractivity contribution in [3.8, 4) is 0 Å². The van der Waals surface area contributed by atoms with E-state index in [4.69, 9.17) is 15.9 Å². The van der Waals surface area contributed by atoms with Gasteiger partial charge in [0, 0.05) is 18.9 Å². The van der Waals surface area contributed by atoms with Crippen LogP contribution in [0.4, 0.5) is 5.82 Å². The Morgan fingerprint density at radius 1 is 1.52 bits per heavy atom. The Bertz CT molecular complexity index is 665. The van der Waals surface area contributed by atoms with Crippen LogP contribution in [-0.2, 0) is 4.74 Å². The number of rotatable bonds is 3. The predicted molar refractivity (Wildman–Crippen MR) is 80.9 cm³/mol. The van der Waals surface area contributed by atoms with E-state index in [1.54, 1.807) is 6.20 Å². The number of hydrogen-bond donors (Lipinski definition) is 2. The highest BCUT2D eigenvalue weighted by atomic mass is 16.5. The summed E-state index contributed by atoms with van der Waals surface area (Å²) >= 11 is 0. The molecule has 1 atom stereocenters. The van der Waals surface area contributed by atoms with E-state index in [1.807, 2.05) is 10.7 Å². The van der Waals surface area contributed by atoms with Crippen molar-refractivity contribution in [2.24, 2.45) is 5.73 Å². The van der Waals surface area contributed by atoms with Crippen LogP contribution in [0.25, 0.3) is 5.52 Å². The number of aromatic nitrogens is 3. The van der Waals surface area contributed by atoms with Crippen LogP contribution in [0.3, 0.4) is 0 Å². The van der Waals surface area contributed by atoms with E-state index in [-0.39, 0.29) is 11.9 Å². The van der Waals surface area contributed by atoms with E-state index in [0.717, 1.165) is 23.6 Å². The molecule has 0 radical (unpaired) electrons. The van der Waals surface area contributed by atoms with Crippen LogP contribution in [-0.4, -0.2) is 46.2 Å². The molecule has 1 unspecified atom stereocenters. The zero-order valence-electron chi connectivity index (χ0n) is 12.3. The first kappa shape index (κ1) is 13.8. The fourth-order valence-corrected chi connectivity index (χ4v) is 2.48. The van der Waals surface area contributed by atoms with Crippen molar-refractivity contribution < 1.29 is 4.74 Å². The molecule has 1 aliphatic heterocycles. The van der Waals surface area contributed by atoms with Gasteiger partial charge in [0.05, 0.1) is 18.8 Å². The van der Waals surface area contributed by atoms with Crippen molar-refractivity contribution in [3.63, 3.8) is 0 Å². The molecule has 7 nitrogen and oxygen atoms in total. The number of amidine groups is 1. The van der Waals surface area contributed by atoms with Gasteiger partial charge in [0.1, 0.15) is 17.5 Å². The van der Waals surface area contributed by atoms with Crippen LogP contribution in [0.2, 0.25) is 0 Å². The maximum atomic E-state index is 7.55. The maximum Gasteiger partial charge on any atom is 0.154 e. The summed E-state index contributed by atoms with van der Waals surface area (Å²) in [5.41, 5.74) is 7.58. The Kier molecular flexibility index (Phi) is 3.50. The van der Waals surface area contributed by atoms with Crippen LogP contribution >= 0.6 is 0 Å². The standard InChI is InChI=1S/C14H20N6O/c1-9(2)10-7-11-14(17-3-4-20(11)18-10)19-5-6-21-12(8-19)13(15)16/h3-4,7,9,12H,5-6,8H2,1-2H3,(H3,15,16). The molecule has 3 rings (SSSR count). The lowest BCUT2D eigenvalue weighted by Gasteiger charge is -2.33. The summed E-state index contributed by atoms with van der Waals surface area (Å²) in [6.45, 7) is 6.06. The topological polar surface area (TPSA) is 92.5 Å². The Labute approximate surface area is 123 Å². The van der Waals surface area contributed by atoms with Crippen molar-refractivity contribution in [2.45, 2.75) is 25.9 Å². The summed E-state index contributed by atoms with van der Waals surface area (Å²) < 4.78 is 7.36. The molecule has 1 fully saturated rings. The van der Waals surface area contributed by atoms with Crippen LogP contribution in [0.15, 0.2) is 18.5 Å².